The van der Waals surface area contributed by atoms with Crippen LogP contribution in [0.15, 0.2) is 38.9 Å². The number of piperidine rings is 2. The maximum Gasteiger partial charge on any atom is 0.222 e. The van der Waals surface area contributed by atoms with Crippen molar-refractivity contribution in [3.8, 4) is 0 Å². The van der Waals surface area contributed by atoms with Crippen LogP contribution in [0.4, 0.5) is 0 Å². The highest BCUT2D eigenvalue weighted by atomic mass is 79.9. The van der Waals surface area contributed by atoms with Gasteiger partial charge in [-0.2, -0.15) is 0 Å². The Morgan fingerprint density at radius 2 is 1.72 bits per heavy atom. The zero-order chi connectivity index (χ0) is 25.4. The Balaban J connectivity index is 1.37. The number of amides is 1. The molecule has 8 heteroatoms. The number of likely N-dealkylation sites (tertiary alicyclic amines) is 2. The van der Waals surface area contributed by atoms with Crippen LogP contribution in [0.3, 0.4) is 0 Å². The summed E-state index contributed by atoms with van der Waals surface area (Å²) in [7, 11) is 0. The standard InChI is InChI=1S/C28H31Br2ClN4O/c1-17(32)34-8-4-18(5-9-34)12-25(36)35-10-6-19(7-11-35)27-26-20(14-23(31)15-24(26)30)2-3-21-13-22(29)16-33-28(21)27/h13-16,18,32H,2-12H2,1H3. The van der Waals surface area contributed by atoms with Crippen LogP contribution in [-0.2, 0) is 17.6 Å². The maximum absolute atomic E-state index is 13.2. The van der Waals surface area contributed by atoms with Crippen molar-refractivity contribution in [2.24, 2.45) is 5.92 Å². The number of halogens is 3. The van der Waals surface area contributed by atoms with Gasteiger partial charge in [-0.25, -0.2) is 0 Å². The molecule has 3 aliphatic rings. The summed E-state index contributed by atoms with van der Waals surface area (Å²) in [6.45, 7) is 5.14. The SMILES string of the molecule is CC(=N)N1CCC(CC(=O)N2CCC(=C3c4ncc(Br)cc4CCc4cc(Cl)cc(Br)c43)CC2)CC1. The number of benzene rings is 1. The van der Waals surface area contributed by atoms with Gasteiger partial charge in [0, 0.05) is 63.9 Å². The van der Waals surface area contributed by atoms with Crippen LogP contribution in [0.2, 0.25) is 5.02 Å². The summed E-state index contributed by atoms with van der Waals surface area (Å²) in [6, 6.07) is 6.26. The predicted molar refractivity (Wildman–Crippen MR) is 153 cm³/mol. The average Bonchev–Trinajstić information content (AvgIpc) is 3.01. The number of carbonyl (C=O) groups is 1. The highest BCUT2D eigenvalue weighted by Crippen LogP contribution is 2.42. The Morgan fingerprint density at radius 1 is 1.03 bits per heavy atom. The van der Waals surface area contributed by atoms with Gasteiger partial charge in [-0.3, -0.25) is 15.2 Å². The smallest absolute Gasteiger partial charge is 0.222 e. The lowest BCUT2D eigenvalue weighted by Crippen LogP contribution is -2.40. The van der Waals surface area contributed by atoms with Crippen LogP contribution in [0.25, 0.3) is 5.57 Å². The van der Waals surface area contributed by atoms with E-state index in [1.54, 1.807) is 0 Å². The molecule has 2 aliphatic heterocycles. The Hall–Kier alpha value is -1.70. The first-order chi connectivity index (χ1) is 17.3. The molecule has 1 amide bonds. The zero-order valence-electron chi connectivity index (χ0n) is 20.5. The van der Waals surface area contributed by atoms with Crippen LogP contribution in [0, 0.1) is 11.3 Å². The van der Waals surface area contributed by atoms with E-state index in [0.717, 1.165) is 84.4 Å². The van der Waals surface area contributed by atoms with Crippen molar-refractivity contribution in [3.05, 3.63) is 66.3 Å². The summed E-state index contributed by atoms with van der Waals surface area (Å²) in [5, 5.41) is 8.57. The van der Waals surface area contributed by atoms with Gasteiger partial charge in [-0.15, -0.1) is 0 Å². The first kappa shape index (κ1) is 25.9. The van der Waals surface area contributed by atoms with Gasteiger partial charge in [0.1, 0.15) is 0 Å². The molecule has 5 rings (SSSR count). The number of nitrogens with one attached hydrogen (secondary N) is 1. The minimum atomic E-state index is 0.278. The van der Waals surface area contributed by atoms with E-state index in [4.69, 9.17) is 22.0 Å². The molecule has 3 heterocycles. The third-order valence-electron chi connectivity index (χ3n) is 7.85. The van der Waals surface area contributed by atoms with Gasteiger partial charge < -0.3 is 9.80 Å². The third-order valence-corrected chi connectivity index (χ3v) is 9.12. The minimum absolute atomic E-state index is 0.278. The summed E-state index contributed by atoms with van der Waals surface area (Å²) >= 11 is 13.8. The second-order valence-corrected chi connectivity index (χ2v) is 12.4. The zero-order valence-corrected chi connectivity index (χ0v) is 24.5. The number of hydrogen-bond acceptors (Lipinski definition) is 3. The average molecular weight is 635 g/mol. The van der Waals surface area contributed by atoms with Gasteiger partial charge in [0.05, 0.1) is 11.5 Å². The first-order valence-electron chi connectivity index (χ1n) is 12.7. The Bertz CT molecular complexity index is 1230. The molecule has 1 aromatic carbocycles. The fourth-order valence-corrected chi connectivity index (χ4v) is 7.31. The van der Waals surface area contributed by atoms with Crippen LogP contribution < -0.4 is 0 Å². The monoisotopic (exact) mass is 632 g/mol. The predicted octanol–water partition coefficient (Wildman–Crippen LogP) is 6.88. The van der Waals surface area contributed by atoms with E-state index in [2.05, 4.69) is 53.8 Å². The highest BCUT2D eigenvalue weighted by Gasteiger charge is 2.29. The van der Waals surface area contributed by atoms with E-state index in [-0.39, 0.29) is 5.91 Å². The van der Waals surface area contributed by atoms with Crippen LogP contribution >= 0.6 is 43.5 Å². The molecule has 0 saturated carbocycles. The second-order valence-electron chi connectivity index (χ2n) is 10.2. The molecule has 1 aliphatic carbocycles. The Kier molecular flexibility index (Phi) is 7.89. The fourth-order valence-electron chi connectivity index (χ4n) is 5.86. The number of carbonyl (C=O) groups excluding carboxylic acids is 1. The molecule has 1 aromatic heterocycles. The normalized spacial score (nSPS) is 18.6. The molecular formula is C28H31Br2ClN4O. The summed E-state index contributed by atoms with van der Waals surface area (Å²) in [5.74, 6) is 1.34. The number of fused-ring (bicyclic) bond motifs is 2. The van der Waals surface area contributed by atoms with Gasteiger partial charge in [0.2, 0.25) is 5.91 Å². The van der Waals surface area contributed by atoms with Crippen LogP contribution in [0.1, 0.15) is 61.4 Å². The first-order valence-corrected chi connectivity index (χ1v) is 14.7. The molecule has 0 unspecified atom stereocenters. The van der Waals surface area contributed by atoms with Gasteiger partial charge in [-0.05, 0) is 96.6 Å². The third kappa shape index (κ3) is 5.44. The number of amidine groups is 1. The number of aryl methyl sites for hydroxylation is 2. The van der Waals surface area contributed by atoms with E-state index in [0.29, 0.717) is 18.2 Å². The molecule has 5 nitrogen and oxygen atoms in total. The molecule has 190 valence electrons. The highest BCUT2D eigenvalue weighted by molar-refractivity contribution is 9.10. The maximum atomic E-state index is 13.2. The van der Waals surface area contributed by atoms with Crippen LogP contribution in [0.5, 0.6) is 0 Å². The molecule has 0 atom stereocenters. The second kappa shape index (κ2) is 11.0. The largest absolute Gasteiger partial charge is 0.361 e. The number of nitrogens with zero attached hydrogens (tertiary/aromatic N) is 3. The number of aromatic nitrogens is 1. The lowest BCUT2D eigenvalue weighted by molar-refractivity contribution is -0.132. The van der Waals surface area contributed by atoms with Gasteiger partial charge in [0.25, 0.3) is 0 Å². The van der Waals surface area contributed by atoms with E-state index in [1.165, 1.54) is 27.8 Å². The van der Waals surface area contributed by atoms with Crippen molar-refractivity contribution in [1.82, 2.24) is 14.8 Å². The molecule has 0 bridgehead atoms. The van der Waals surface area contributed by atoms with Gasteiger partial charge in [-0.1, -0.05) is 33.1 Å². The van der Waals surface area contributed by atoms with Gasteiger partial charge in [0.15, 0.2) is 0 Å². The molecule has 2 fully saturated rings. The van der Waals surface area contributed by atoms with Crippen molar-refractivity contribution in [2.75, 3.05) is 26.2 Å². The van der Waals surface area contributed by atoms with Crippen molar-refractivity contribution < 1.29 is 4.79 Å². The lowest BCUT2D eigenvalue weighted by Gasteiger charge is -2.35. The van der Waals surface area contributed by atoms with E-state index in [9.17, 15) is 4.79 Å². The Morgan fingerprint density at radius 3 is 2.42 bits per heavy atom. The molecule has 0 radical (unpaired) electrons. The molecule has 0 spiro atoms. The van der Waals surface area contributed by atoms with Gasteiger partial charge >= 0.3 is 0 Å². The number of pyridine rings is 1. The molecule has 36 heavy (non-hydrogen) atoms. The molecule has 2 aromatic rings. The fraction of sp³-hybridized carbons (Fsp3) is 0.464. The van der Waals surface area contributed by atoms with Crippen molar-refractivity contribution >= 4 is 60.8 Å². The molecule has 2 saturated heterocycles. The summed E-state index contributed by atoms with van der Waals surface area (Å²) in [5.41, 5.74) is 7.34. The lowest BCUT2D eigenvalue weighted by atomic mass is 9.88. The molecular weight excluding hydrogens is 604 g/mol. The topological polar surface area (TPSA) is 60.3 Å². The van der Waals surface area contributed by atoms with E-state index >= 15 is 0 Å². The minimum Gasteiger partial charge on any atom is -0.361 e. The molecule has 1 N–H and O–H groups in total. The quantitative estimate of drug-likeness (QED) is 0.290. The Labute approximate surface area is 235 Å². The van der Waals surface area contributed by atoms with Crippen molar-refractivity contribution in [1.29, 1.82) is 5.41 Å². The summed E-state index contributed by atoms with van der Waals surface area (Å²) < 4.78 is 2.01. The number of rotatable bonds is 2. The summed E-state index contributed by atoms with van der Waals surface area (Å²) in [6.07, 6.45) is 8.06. The van der Waals surface area contributed by atoms with E-state index in [1.807, 2.05) is 19.2 Å². The van der Waals surface area contributed by atoms with E-state index < -0.39 is 0 Å². The number of hydrogen-bond donors (Lipinski definition) is 1. The van der Waals surface area contributed by atoms with Crippen LogP contribution in [-0.4, -0.2) is 52.7 Å². The summed E-state index contributed by atoms with van der Waals surface area (Å²) in [4.78, 5) is 22.2. The van der Waals surface area contributed by atoms with Crippen molar-refractivity contribution in [2.45, 2.75) is 51.9 Å². The van der Waals surface area contributed by atoms with Crippen molar-refractivity contribution in [3.63, 3.8) is 0 Å².